The Hall–Kier alpha value is -3.12. The minimum absolute atomic E-state index is 1.32. The summed E-state index contributed by atoms with van der Waals surface area (Å²) < 4.78 is 0. The van der Waals surface area contributed by atoms with Crippen LogP contribution >= 0.6 is 0 Å². The van der Waals surface area contributed by atoms with Crippen LogP contribution in [0, 0.1) is 0 Å². The molecule has 0 saturated heterocycles. The van der Waals surface area contributed by atoms with Crippen molar-refractivity contribution < 1.29 is 0 Å². The van der Waals surface area contributed by atoms with E-state index in [-0.39, 0.29) is 0 Å². The Morgan fingerprint density at radius 3 is 1.42 bits per heavy atom. The van der Waals surface area contributed by atoms with Gasteiger partial charge in [-0.25, -0.2) is 0 Å². The molecule has 4 aromatic rings. The summed E-state index contributed by atoms with van der Waals surface area (Å²) in [5.41, 5.74) is 8.05. The van der Waals surface area contributed by atoms with Crippen LogP contribution in [0.5, 0.6) is 0 Å². The first kappa shape index (κ1) is 12.3. The molecular weight excluding hydrogens is 288 g/mol. The third-order valence-corrected chi connectivity index (χ3v) is 5.39. The van der Waals surface area contributed by atoms with Crippen LogP contribution in [0.15, 0.2) is 60.7 Å². The number of benzene rings is 4. The van der Waals surface area contributed by atoms with Gasteiger partial charge in [0.2, 0.25) is 0 Å². The molecule has 110 valence electrons. The Balaban J connectivity index is 1.74. The smallest absolute Gasteiger partial charge is 0.00326 e. The zero-order valence-corrected chi connectivity index (χ0v) is 13.1. The second-order valence-corrected chi connectivity index (χ2v) is 6.61. The van der Waals surface area contributed by atoms with Crippen molar-refractivity contribution in [3.63, 3.8) is 0 Å². The molecule has 6 rings (SSSR count). The maximum Gasteiger partial charge on any atom is -0.00326 e. The largest absolute Gasteiger partial charge is 0.0610 e. The summed E-state index contributed by atoms with van der Waals surface area (Å²) in [4.78, 5) is 0. The fourth-order valence-electron chi connectivity index (χ4n) is 4.31. The fourth-order valence-corrected chi connectivity index (χ4v) is 4.31. The molecule has 0 radical (unpaired) electrons. The van der Waals surface area contributed by atoms with Gasteiger partial charge in [0, 0.05) is 0 Å². The van der Waals surface area contributed by atoms with Gasteiger partial charge in [-0.2, -0.15) is 0 Å². The Labute approximate surface area is 140 Å². The van der Waals surface area contributed by atoms with Crippen LogP contribution in [-0.4, -0.2) is 0 Å². The molecule has 4 aromatic carbocycles. The maximum atomic E-state index is 2.28. The van der Waals surface area contributed by atoms with Crippen molar-refractivity contribution in [1.29, 1.82) is 0 Å². The molecule has 0 fully saturated rings. The van der Waals surface area contributed by atoms with Crippen molar-refractivity contribution in [2.45, 2.75) is 0 Å². The molecule has 0 atom stereocenters. The molecule has 0 N–H and O–H groups in total. The topological polar surface area (TPSA) is 0 Å². The summed E-state index contributed by atoms with van der Waals surface area (Å²) in [6, 6.07) is 22.2. The molecule has 0 aromatic heterocycles. The van der Waals surface area contributed by atoms with Gasteiger partial charge in [0.1, 0.15) is 0 Å². The summed E-state index contributed by atoms with van der Waals surface area (Å²) in [5.74, 6) is 0. The Kier molecular flexibility index (Phi) is 2.18. The van der Waals surface area contributed by atoms with E-state index in [1.54, 1.807) is 0 Å². The van der Waals surface area contributed by atoms with Crippen molar-refractivity contribution in [2.24, 2.45) is 0 Å². The van der Waals surface area contributed by atoms with Gasteiger partial charge in [0.25, 0.3) is 0 Å². The molecule has 0 heterocycles. The van der Waals surface area contributed by atoms with Crippen molar-refractivity contribution >= 4 is 45.8 Å². The van der Waals surface area contributed by atoms with E-state index in [9.17, 15) is 0 Å². The monoisotopic (exact) mass is 302 g/mol. The standard InChI is InChI=1S/C24H14/c1-3-15-7-11-19(21-13-9-17(5-1)23(15)21)20-12-8-16-4-2-6-18-10-14-22(20)24(16)18/h1-14H. The van der Waals surface area contributed by atoms with Gasteiger partial charge >= 0.3 is 0 Å². The van der Waals surface area contributed by atoms with Crippen molar-refractivity contribution in [3.05, 3.63) is 82.9 Å². The van der Waals surface area contributed by atoms with E-state index in [2.05, 4.69) is 85.0 Å². The van der Waals surface area contributed by atoms with Crippen LogP contribution in [0.1, 0.15) is 22.3 Å². The molecule has 2 aliphatic carbocycles. The van der Waals surface area contributed by atoms with E-state index in [1.165, 1.54) is 54.9 Å². The summed E-state index contributed by atoms with van der Waals surface area (Å²) in [7, 11) is 0. The summed E-state index contributed by atoms with van der Waals surface area (Å²) in [5, 5.41) is 5.42. The second-order valence-electron chi connectivity index (χ2n) is 6.61. The van der Waals surface area contributed by atoms with Crippen LogP contribution in [0.3, 0.4) is 0 Å². The number of hydrogen-bond donors (Lipinski definition) is 0. The van der Waals surface area contributed by atoms with E-state index in [0.717, 1.165) is 0 Å². The van der Waals surface area contributed by atoms with E-state index >= 15 is 0 Å². The first-order valence-electron chi connectivity index (χ1n) is 8.38. The molecule has 0 unspecified atom stereocenters. The lowest BCUT2D eigenvalue weighted by atomic mass is 9.90. The van der Waals surface area contributed by atoms with Crippen LogP contribution in [0.25, 0.3) is 57.0 Å². The maximum absolute atomic E-state index is 2.28. The quantitative estimate of drug-likeness (QED) is 0.320. The molecule has 0 nitrogen and oxygen atoms in total. The second kappa shape index (κ2) is 4.24. The lowest BCUT2D eigenvalue weighted by Crippen LogP contribution is -1.89. The van der Waals surface area contributed by atoms with E-state index in [4.69, 9.17) is 0 Å². The highest BCUT2D eigenvalue weighted by molar-refractivity contribution is 6.13. The van der Waals surface area contributed by atoms with Gasteiger partial charge < -0.3 is 0 Å². The molecule has 0 amide bonds. The number of rotatable bonds is 1. The summed E-state index contributed by atoms with van der Waals surface area (Å²) >= 11 is 0. The Morgan fingerprint density at radius 1 is 0.417 bits per heavy atom. The molecule has 2 aliphatic rings. The van der Waals surface area contributed by atoms with E-state index in [0.29, 0.717) is 0 Å². The van der Waals surface area contributed by atoms with Gasteiger partial charge in [0.15, 0.2) is 0 Å². The molecule has 0 heteroatoms. The predicted molar refractivity (Wildman–Crippen MR) is 105 cm³/mol. The van der Waals surface area contributed by atoms with Crippen LogP contribution < -0.4 is 0 Å². The van der Waals surface area contributed by atoms with Crippen molar-refractivity contribution in [1.82, 2.24) is 0 Å². The zero-order valence-electron chi connectivity index (χ0n) is 13.1. The SMILES string of the molecule is C1=Cc2c(-c3ccc4cccc5c4c3C=C5)ccc3cccc1c23. The average Bonchev–Trinajstić information content (AvgIpc) is 3.24. The molecule has 24 heavy (non-hydrogen) atoms. The predicted octanol–water partition coefficient (Wildman–Crippen LogP) is 6.63. The minimum atomic E-state index is 1.32. The van der Waals surface area contributed by atoms with Crippen molar-refractivity contribution in [2.75, 3.05) is 0 Å². The highest BCUT2D eigenvalue weighted by Crippen LogP contribution is 2.43. The lowest BCUT2D eigenvalue weighted by Gasteiger charge is -2.13. The van der Waals surface area contributed by atoms with Crippen LogP contribution in [-0.2, 0) is 0 Å². The lowest BCUT2D eigenvalue weighted by molar-refractivity contribution is 1.64. The number of hydrogen-bond acceptors (Lipinski definition) is 0. The molecule has 0 spiro atoms. The highest BCUT2D eigenvalue weighted by atomic mass is 14.2. The Morgan fingerprint density at radius 2 is 0.917 bits per heavy atom. The Bertz CT molecular complexity index is 1140. The average molecular weight is 302 g/mol. The third kappa shape index (κ3) is 1.43. The van der Waals surface area contributed by atoms with E-state index < -0.39 is 0 Å². The van der Waals surface area contributed by atoms with Crippen molar-refractivity contribution in [3.8, 4) is 11.1 Å². The first-order valence-corrected chi connectivity index (χ1v) is 8.38. The zero-order chi connectivity index (χ0) is 15.7. The van der Waals surface area contributed by atoms with Gasteiger partial charge in [-0.3, -0.25) is 0 Å². The minimum Gasteiger partial charge on any atom is -0.0610 e. The first-order chi connectivity index (χ1) is 11.9. The normalized spacial score (nSPS) is 13.5. The van der Waals surface area contributed by atoms with Crippen LogP contribution in [0.2, 0.25) is 0 Å². The fraction of sp³-hybridized carbons (Fsp3) is 0. The van der Waals surface area contributed by atoms with Crippen LogP contribution in [0.4, 0.5) is 0 Å². The molecule has 0 saturated carbocycles. The highest BCUT2D eigenvalue weighted by Gasteiger charge is 2.18. The molecular formula is C24H14. The van der Waals surface area contributed by atoms with Gasteiger partial charge in [-0.15, -0.1) is 0 Å². The molecule has 0 aliphatic heterocycles. The van der Waals surface area contributed by atoms with Gasteiger partial charge in [0.05, 0.1) is 0 Å². The third-order valence-electron chi connectivity index (χ3n) is 5.39. The summed E-state index contributed by atoms with van der Waals surface area (Å²) in [6.45, 7) is 0. The summed E-state index contributed by atoms with van der Waals surface area (Å²) in [6.07, 6.45) is 9.02. The molecule has 0 bridgehead atoms. The van der Waals surface area contributed by atoms with E-state index in [1.807, 2.05) is 0 Å². The van der Waals surface area contributed by atoms with Gasteiger partial charge in [-0.1, -0.05) is 85.0 Å². The van der Waals surface area contributed by atoms with Gasteiger partial charge in [-0.05, 0) is 54.9 Å².